The Morgan fingerprint density at radius 3 is 2.68 bits per heavy atom. The zero-order valence-electron chi connectivity index (χ0n) is 18.3. The van der Waals surface area contributed by atoms with Crippen LogP contribution < -0.4 is 0 Å². The van der Waals surface area contributed by atoms with Gasteiger partial charge in [-0.15, -0.1) is 0 Å². The van der Waals surface area contributed by atoms with Crippen LogP contribution in [0.25, 0.3) is 33.5 Å². The van der Waals surface area contributed by atoms with E-state index in [2.05, 4.69) is 28.8 Å². The molecule has 0 fully saturated rings. The Morgan fingerprint density at radius 1 is 1.19 bits per heavy atom. The Morgan fingerprint density at radius 2 is 1.97 bits per heavy atom. The number of halogens is 1. The first kappa shape index (κ1) is 21.0. The molecule has 162 valence electrons. The second-order valence-corrected chi connectivity index (χ2v) is 8.11. The molecule has 0 spiro atoms. The van der Waals surface area contributed by atoms with Crippen LogP contribution in [0.4, 0.5) is 4.39 Å². The molecule has 4 rings (SSSR count). The van der Waals surface area contributed by atoms with Crippen LogP contribution in [-0.2, 0) is 9.53 Å². The van der Waals surface area contributed by atoms with Crippen LogP contribution in [0.5, 0.6) is 0 Å². The number of nitrogens with zero attached hydrogens (tertiary/aromatic N) is 4. The van der Waals surface area contributed by atoms with Crippen molar-refractivity contribution >= 4 is 28.0 Å². The Kier molecular flexibility index (Phi) is 5.47. The second-order valence-electron chi connectivity index (χ2n) is 8.11. The van der Waals surface area contributed by atoms with E-state index < -0.39 is 5.82 Å². The lowest BCUT2D eigenvalue weighted by Gasteiger charge is -2.21. The summed E-state index contributed by atoms with van der Waals surface area (Å²) < 4.78 is 21.0. The average molecular weight is 423 g/mol. The van der Waals surface area contributed by atoms with E-state index in [4.69, 9.17) is 9.72 Å². The van der Waals surface area contributed by atoms with Crippen molar-refractivity contribution < 1.29 is 13.9 Å². The molecule has 0 aliphatic rings. The van der Waals surface area contributed by atoms with Gasteiger partial charge in [0, 0.05) is 41.0 Å². The zero-order chi connectivity index (χ0) is 22.3. The average Bonchev–Trinajstić information content (AvgIpc) is 3.33. The van der Waals surface area contributed by atoms with Crippen molar-refractivity contribution in [3.8, 4) is 11.4 Å². The molecule has 4 aromatic rings. The lowest BCUT2D eigenvalue weighted by atomic mass is 10.0. The largest absolute Gasteiger partial charge is 0.466 e. The van der Waals surface area contributed by atoms with Gasteiger partial charge in [0.15, 0.2) is 5.82 Å². The van der Waals surface area contributed by atoms with E-state index in [9.17, 15) is 9.18 Å². The number of carbonyl (C=O) groups is 1. The molecule has 7 nitrogen and oxygen atoms in total. The summed E-state index contributed by atoms with van der Waals surface area (Å²) >= 11 is 0. The van der Waals surface area contributed by atoms with Crippen molar-refractivity contribution in [2.75, 3.05) is 6.61 Å². The summed E-state index contributed by atoms with van der Waals surface area (Å²) in [5.74, 6) is -0.279. The van der Waals surface area contributed by atoms with Gasteiger partial charge in [0.25, 0.3) is 0 Å². The Labute approximate surface area is 179 Å². The number of hydrogen-bond acceptors (Lipinski definition) is 5. The Hall–Kier alpha value is -3.29. The van der Waals surface area contributed by atoms with E-state index in [-0.39, 0.29) is 23.8 Å². The van der Waals surface area contributed by atoms with E-state index in [1.807, 2.05) is 24.6 Å². The number of nitrogens with one attached hydrogen (secondary N) is 1. The third kappa shape index (κ3) is 3.66. The number of fused-ring (bicyclic) bond motifs is 2. The fourth-order valence-electron chi connectivity index (χ4n) is 3.83. The highest BCUT2D eigenvalue weighted by Gasteiger charge is 2.26. The van der Waals surface area contributed by atoms with Gasteiger partial charge in [-0.25, -0.2) is 19.3 Å². The maximum absolute atomic E-state index is 13.8. The van der Waals surface area contributed by atoms with Crippen molar-refractivity contribution in [2.24, 2.45) is 5.92 Å². The summed E-state index contributed by atoms with van der Waals surface area (Å²) in [5, 5.41) is 1.56. The molecule has 0 aliphatic carbocycles. The molecule has 4 aromatic heterocycles. The first-order valence-corrected chi connectivity index (χ1v) is 10.5. The van der Waals surface area contributed by atoms with Gasteiger partial charge < -0.3 is 14.3 Å². The van der Waals surface area contributed by atoms with Gasteiger partial charge in [-0.2, -0.15) is 0 Å². The zero-order valence-corrected chi connectivity index (χ0v) is 18.3. The van der Waals surface area contributed by atoms with E-state index in [1.165, 1.54) is 12.3 Å². The van der Waals surface area contributed by atoms with Crippen molar-refractivity contribution in [1.29, 1.82) is 0 Å². The molecule has 0 aliphatic heterocycles. The first-order chi connectivity index (χ1) is 14.8. The molecule has 0 bridgehead atoms. The minimum Gasteiger partial charge on any atom is -0.466 e. The number of carbonyl (C=O) groups excluding carboxylic acids is 1. The quantitative estimate of drug-likeness (QED) is 0.441. The third-order valence-corrected chi connectivity index (χ3v) is 5.78. The van der Waals surface area contributed by atoms with Crippen molar-refractivity contribution in [2.45, 2.75) is 46.6 Å². The van der Waals surface area contributed by atoms with E-state index >= 15 is 0 Å². The third-order valence-electron chi connectivity index (χ3n) is 5.78. The number of aromatic nitrogens is 5. The van der Waals surface area contributed by atoms with Gasteiger partial charge in [0.05, 0.1) is 18.7 Å². The first-order valence-electron chi connectivity index (χ1n) is 10.5. The molecule has 4 heterocycles. The number of esters is 1. The molecule has 2 atom stereocenters. The normalized spacial score (nSPS) is 13.8. The molecule has 0 radical (unpaired) electrons. The van der Waals surface area contributed by atoms with Crippen LogP contribution in [0.15, 0.2) is 30.9 Å². The van der Waals surface area contributed by atoms with Crippen LogP contribution >= 0.6 is 0 Å². The van der Waals surface area contributed by atoms with Gasteiger partial charge in [-0.05, 0) is 38.3 Å². The molecule has 0 saturated heterocycles. The van der Waals surface area contributed by atoms with Gasteiger partial charge in [0.2, 0.25) is 0 Å². The number of H-pyrrole nitrogens is 1. The molecular weight excluding hydrogens is 397 g/mol. The highest BCUT2D eigenvalue weighted by atomic mass is 19.1. The highest BCUT2D eigenvalue weighted by molar-refractivity contribution is 5.93. The molecular formula is C23H26FN5O2. The van der Waals surface area contributed by atoms with E-state index in [0.717, 1.165) is 16.6 Å². The van der Waals surface area contributed by atoms with Gasteiger partial charge >= 0.3 is 5.97 Å². The topological polar surface area (TPSA) is 85.7 Å². The summed E-state index contributed by atoms with van der Waals surface area (Å²) in [6.07, 6.45) is 6.76. The SMILES string of the molecule is CCOC(=O)[C@H](C)[C@@H](C)n1cc(C(C)C)c2cnc(-c3c[nH]c4ncc(F)cc34)nc21. The minimum atomic E-state index is -0.420. The maximum Gasteiger partial charge on any atom is 0.310 e. The predicted octanol–water partition coefficient (Wildman–Crippen LogP) is 5.00. The van der Waals surface area contributed by atoms with Crippen LogP contribution in [0.3, 0.4) is 0 Å². The van der Waals surface area contributed by atoms with Crippen LogP contribution in [0.2, 0.25) is 0 Å². The van der Waals surface area contributed by atoms with Gasteiger partial charge in [0.1, 0.15) is 17.1 Å². The van der Waals surface area contributed by atoms with E-state index in [1.54, 1.807) is 19.3 Å². The van der Waals surface area contributed by atoms with Gasteiger partial charge in [-0.3, -0.25) is 4.79 Å². The highest BCUT2D eigenvalue weighted by Crippen LogP contribution is 2.33. The number of hydrogen-bond donors (Lipinski definition) is 1. The molecule has 0 amide bonds. The second kappa shape index (κ2) is 8.09. The lowest BCUT2D eigenvalue weighted by molar-refractivity contribution is -0.148. The van der Waals surface area contributed by atoms with Crippen molar-refractivity contribution in [1.82, 2.24) is 24.5 Å². The number of pyridine rings is 1. The lowest BCUT2D eigenvalue weighted by Crippen LogP contribution is -2.24. The molecule has 0 unspecified atom stereocenters. The predicted molar refractivity (Wildman–Crippen MR) is 117 cm³/mol. The Balaban J connectivity index is 1.87. The fourth-order valence-corrected chi connectivity index (χ4v) is 3.83. The van der Waals surface area contributed by atoms with Crippen molar-refractivity contribution in [3.05, 3.63) is 42.2 Å². The molecule has 8 heteroatoms. The molecule has 31 heavy (non-hydrogen) atoms. The minimum absolute atomic E-state index is 0.168. The summed E-state index contributed by atoms with van der Waals surface area (Å²) in [7, 11) is 0. The summed E-state index contributed by atoms with van der Waals surface area (Å²) in [4.78, 5) is 28.9. The monoisotopic (exact) mass is 423 g/mol. The number of rotatable bonds is 6. The van der Waals surface area contributed by atoms with Crippen LogP contribution in [-0.4, -0.2) is 37.1 Å². The van der Waals surface area contributed by atoms with Crippen molar-refractivity contribution in [3.63, 3.8) is 0 Å². The smallest absolute Gasteiger partial charge is 0.310 e. The fraction of sp³-hybridized carbons (Fsp3) is 0.391. The Bertz CT molecular complexity index is 1260. The molecule has 0 saturated carbocycles. The number of ether oxygens (including phenoxy) is 1. The summed E-state index contributed by atoms with van der Waals surface area (Å²) in [5.41, 5.74) is 3.09. The molecule has 0 aromatic carbocycles. The van der Waals surface area contributed by atoms with Crippen LogP contribution in [0, 0.1) is 11.7 Å². The summed E-state index contributed by atoms with van der Waals surface area (Å²) in [6.45, 7) is 10.2. The maximum atomic E-state index is 13.8. The van der Waals surface area contributed by atoms with Gasteiger partial charge in [-0.1, -0.05) is 13.8 Å². The number of aromatic amines is 1. The standard InChI is InChI=1S/C23H26FN5O2/c1-6-31-23(30)13(4)14(5)29-11-19(12(2)3)18-10-27-21(28-22(18)29)17-9-26-20-16(17)7-15(24)8-25-20/h7-14H,6H2,1-5H3,(H,25,26)/t13-,14-/m1/s1. The summed E-state index contributed by atoms with van der Waals surface area (Å²) in [6, 6.07) is 1.25. The molecule has 1 N–H and O–H groups in total. The van der Waals surface area contributed by atoms with E-state index in [0.29, 0.717) is 29.0 Å². The van der Waals surface area contributed by atoms with Crippen LogP contribution in [0.1, 0.15) is 52.1 Å².